The van der Waals surface area contributed by atoms with Crippen LogP contribution in [-0.2, 0) is 11.3 Å². The number of nitrogens with zero attached hydrogens (tertiary/aromatic N) is 2. The van der Waals surface area contributed by atoms with Crippen molar-refractivity contribution in [3.8, 4) is 0 Å². The zero-order valence-electron chi connectivity index (χ0n) is 13.8. The van der Waals surface area contributed by atoms with E-state index in [-0.39, 0.29) is 12.5 Å². The van der Waals surface area contributed by atoms with E-state index in [4.69, 9.17) is 0 Å². The third-order valence-corrected chi connectivity index (χ3v) is 4.21. The van der Waals surface area contributed by atoms with E-state index in [2.05, 4.69) is 15.7 Å². The van der Waals surface area contributed by atoms with Gasteiger partial charge in [0.2, 0.25) is 5.91 Å². The fraction of sp³-hybridized carbons (Fsp3) is 0.368. The second kappa shape index (κ2) is 8.45. The van der Waals surface area contributed by atoms with Crippen LogP contribution >= 0.6 is 0 Å². The third-order valence-electron chi connectivity index (χ3n) is 4.21. The van der Waals surface area contributed by atoms with Crippen molar-refractivity contribution in [2.24, 2.45) is 0 Å². The highest BCUT2D eigenvalue weighted by Gasteiger charge is 2.17. The van der Waals surface area contributed by atoms with Crippen molar-refractivity contribution in [2.75, 3.05) is 19.6 Å². The summed E-state index contributed by atoms with van der Waals surface area (Å²) in [5.74, 6) is 0.445. The lowest BCUT2D eigenvalue weighted by molar-refractivity contribution is -0.121. The van der Waals surface area contributed by atoms with Crippen molar-refractivity contribution in [3.63, 3.8) is 0 Å². The topological polar surface area (TPSA) is 59.0 Å². The predicted octanol–water partition coefficient (Wildman–Crippen LogP) is 2.18. The van der Waals surface area contributed by atoms with E-state index >= 15 is 0 Å². The summed E-state index contributed by atoms with van der Waals surface area (Å²) in [6, 6.07) is 12.1. The molecule has 24 heavy (non-hydrogen) atoms. The number of carbonyl (C=O) groups excluding carboxylic acids is 1. The number of nitrogens with one attached hydrogen (secondary N) is 2. The first-order valence-electron chi connectivity index (χ1n) is 8.53. The summed E-state index contributed by atoms with van der Waals surface area (Å²) in [5.41, 5.74) is 2.21. The van der Waals surface area contributed by atoms with Gasteiger partial charge in [-0.15, -0.1) is 0 Å². The minimum Gasteiger partial charge on any atom is -0.351 e. The smallest absolute Gasteiger partial charge is 0.241 e. The highest BCUT2D eigenvalue weighted by atomic mass is 16.2. The van der Waals surface area contributed by atoms with Gasteiger partial charge in [-0.05, 0) is 31.0 Å². The highest BCUT2D eigenvalue weighted by Crippen LogP contribution is 2.21. The van der Waals surface area contributed by atoms with E-state index in [0.29, 0.717) is 12.5 Å². The van der Waals surface area contributed by atoms with Gasteiger partial charge in [0, 0.05) is 25.2 Å². The van der Waals surface area contributed by atoms with Crippen LogP contribution in [0.25, 0.3) is 6.08 Å². The molecule has 5 heteroatoms. The van der Waals surface area contributed by atoms with Crippen LogP contribution in [0.5, 0.6) is 0 Å². The van der Waals surface area contributed by atoms with Gasteiger partial charge in [0.1, 0.15) is 6.54 Å². The fourth-order valence-electron chi connectivity index (χ4n) is 2.92. The Morgan fingerprint density at radius 1 is 1.33 bits per heavy atom. The third kappa shape index (κ3) is 4.80. The monoisotopic (exact) mass is 324 g/mol. The first-order valence-corrected chi connectivity index (χ1v) is 8.53. The van der Waals surface area contributed by atoms with Gasteiger partial charge >= 0.3 is 0 Å². The van der Waals surface area contributed by atoms with Crippen LogP contribution in [0.1, 0.15) is 30.0 Å². The second-order valence-corrected chi connectivity index (χ2v) is 6.10. The van der Waals surface area contributed by atoms with Crippen LogP contribution in [-0.4, -0.2) is 35.3 Å². The van der Waals surface area contributed by atoms with Crippen LogP contribution in [0.4, 0.5) is 0 Å². The number of rotatable bonds is 6. The average molecular weight is 324 g/mol. The molecule has 1 amide bonds. The van der Waals surface area contributed by atoms with E-state index in [0.717, 1.165) is 24.3 Å². The number of benzene rings is 1. The molecule has 2 heterocycles. The standard InChI is InChI=1S/C19H24N4O/c24-19(21-12-4-8-16-6-2-1-3-7-16)15-23-13-10-18(22-23)17-9-5-11-20-14-17/h1-4,6-8,10,13,17,20H,5,9,11-12,14-15H2,(H,21,24)/b8-4+. The van der Waals surface area contributed by atoms with Crippen LogP contribution in [0, 0.1) is 0 Å². The van der Waals surface area contributed by atoms with Gasteiger partial charge in [0.05, 0.1) is 5.69 Å². The molecular formula is C19H24N4O. The number of hydrogen-bond acceptors (Lipinski definition) is 3. The Balaban J connectivity index is 1.43. The summed E-state index contributed by atoms with van der Waals surface area (Å²) >= 11 is 0. The van der Waals surface area contributed by atoms with Gasteiger partial charge < -0.3 is 10.6 Å². The SMILES string of the molecule is O=C(Cn1ccc(C2CCCNC2)n1)NC/C=C/c1ccccc1. The number of aromatic nitrogens is 2. The lowest BCUT2D eigenvalue weighted by Crippen LogP contribution is -2.29. The molecule has 2 N–H and O–H groups in total. The van der Waals surface area contributed by atoms with Gasteiger partial charge in [0.25, 0.3) is 0 Å². The highest BCUT2D eigenvalue weighted by molar-refractivity contribution is 5.75. The van der Waals surface area contributed by atoms with Gasteiger partial charge in [-0.3, -0.25) is 9.48 Å². The summed E-state index contributed by atoms with van der Waals surface area (Å²) < 4.78 is 1.72. The van der Waals surface area contributed by atoms with Gasteiger partial charge in [-0.1, -0.05) is 42.5 Å². The summed E-state index contributed by atoms with van der Waals surface area (Å²) in [7, 11) is 0. The molecular weight excluding hydrogens is 300 g/mol. The summed E-state index contributed by atoms with van der Waals surface area (Å²) in [5, 5.41) is 10.8. The normalized spacial score (nSPS) is 17.9. The largest absolute Gasteiger partial charge is 0.351 e. The molecule has 0 saturated carbocycles. The molecule has 1 aromatic heterocycles. The van der Waals surface area contributed by atoms with Crippen molar-refractivity contribution in [1.29, 1.82) is 0 Å². The molecule has 0 radical (unpaired) electrons. The van der Waals surface area contributed by atoms with Crippen molar-refractivity contribution in [2.45, 2.75) is 25.3 Å². The fourth-order valence-corrected chi connectivity index (χ4v) is 2.92. The molecule has 5 nitrogen and oxygen atoms in total. The molecule has 126 valence electrons. The second-order valence-electron chi connectivity index (χ2n) is 6.10. The zero-order valence-corrected chi connectivity index (χ0v) is 13.8. The van der Waals surface area contributed by atoms with E-state index in [1.165, 1.54) is 12.8 Å². The molecule has 1 saturated heterocycles. The van der Waals surface area contributed by atoms with Crippen molar-refractivity contribution < 1.29 is 4.79 Å². The van der Waals surface area contributed by atoms with Gasteiger partial charge in [-0.2, -0.15) is 5.10 Å². The van der Waals surface area contributed by atoms with Gasteiger partial charge in [-0.25, -0.2) is 0 Å². The summed E-state index contributed by atoms with van der Waals surface area (Å²) in [4.78, 5) is 12.0. The quantitative estimate of drug-likeness (QED) is 0.856. The van der Waals surface area contributed by atoms with E-state index < -0.39 is 0 Å². The molecule has 0 spiro atoms. The molecule has 3 rings (SSSR count). The number of hydrogen-bond donors (Lipinski definition) is 2. The Labute approximate surface area is 142 Å². The molecule has 1 unspecified atom stereocenters. The molecule has 1 fully saturated rings. The Bertz CT molecular complexity index is 672. The average Bonchev–Trinajstić information content (AvgIpc) is 3.09. The molecule has 1 aliphatic heterocycles. The maximum atomic E-state index is 12.0. The van der Waals surface area contributed by atoms with Gasteiger partial charge in [0.15, 0.2) is 0 Å². The summed E-state index contributed by atoms with van der Waals surface area (Å²) in [6.45, 7) is 2.86. The number of carbonyl (C=O) groups is 1. The van der Waals surface area contributed by atoms with Crippen molar-refractivity contribution in [3.05, 3.63) is 59.9 Å². The van der Waals surface area contributed by atoms with E-state index in [9.17, 15) is 4.79 Å². The molecule has 0 bridgehead atoms. The molecule has 0 aliphatic carbocycles. The minimum atomic E-state index is -0.0240. The van der Waals surface area contributed by atoms with Crippen LogP contribution in [0.2, 0.25) is 0 Å². The number of amides is 1. The molecule has 1 atom stereocenters. The van der Waals surface area contributed by atoms with Crippen LogP contribution in [0.15, 0.2) is 48.7 Å². The van der Waals surface area contributed by atoms with Crippen LogP contribution < -0.4 is 10.6 Å². The first kappa shape index (κ1) is 16.5. The van der Waals surface area contributed by atoms with Crippen molar-refractivity contribution in [1.82, 2.24) is 20.4 Å². The predicted molar refractivity (Wildman–Crippen MR) is 95.6 cm³/mol. The zero-order chi connectivity index (χ0) is 16.6. The Hall–Kier alpha value is -2.40. The minimum absolute atomic E-state index is 0.0240. The lowest BCUT2D eigenvalue weighted by Gasteiger charge is -2.20. The van der Waals surface area contributed by atoms with E-state index in [1.807, 2.05) is 54.7 Å². The van der Waals surface area contributed by atoms with Crippen molar-refractivity contribution >= 4 is 12.0 Å². The maximum Gasteiger partial charge on any atom is 0.241 e. The lowest BCUT2D eigenvalue weighted by atomic mass is 9.97. The molecule has 1 aliphatic rings. The van der Waals surface area contributed by atoms with E-state index in [1.54, 1.807) is 4.68 Å². The number of piperidine rings is 1. The molecule has 2 aromatic rings. The first-order chi connectivity index (χ1) is 11.8. The maximum absolute atomic E-state index is 12.0. The Morgan fingerprint density at radius 2 is 2.21 bits per heavy atom. The summed E-state index contributed by atoms with van der Waals surface area (Å²) in [6.07, 6.45) is 8.20. The van der Waals surface area contributed by atoms with Crippen LogP contribution in [0.3, 0.4) is 0 Å². The Kier molecular flexibility index (Phi) is 5.80. The molecule has 1 aromatic carbocycles. The Morgan fingerprint density at radius 3 is 3.00 bits per heavy atom.